The molecule has 1 aromatic rings. The van der Waals surface area contributed by atoms with Gasteiger partial charge in [0.2, 0.25) is 0 Å². The monoisotopic (exact) mass is 264 g/mol. The minimum absolute atomic E-state index is 0.0794. The van der Waals surface area contributed by atoms with Gasteiger partial charge < -0.3 is 10.4 Å². The van der Waals surface area contributed by atoms with Crippen molar-refractivity contribution >= 4 is 11.6 Å². The fourth-order valence-corrected chi connectivity index (χ4v) is 2.21. The summed E-state index contributed by atoms with van der Waals surface area (Å²) < 4.78 is 0. The topological polar surface area (TPSA) is 92.5 Å². The van der Waals surface area contributed by atoms with E-state index in [4.69, 9.17) is 5.11 Å². The predicted molar refractivity (Wildman–Crippen MR) is 68.9 cm³/mol. The highest BCUT2D eigenvalue weighted by molar-refractivity contribution is 5.95. The number of rotatable bonds is 4. The molecule has 0 aromatic heterocycles. The van der Waals surface area contributed by atoms with Gasteiger partial charge in [0.1, 0.15) is 0 Å². The molecule has 1 aromatic carbocycles. The fraction of sp³-hybridized carbons (Fsp3) is 0.462. The van der Waals surface area contributed by atoms with Gasteiger partial charge in [-0.25, -0.2) is 0 Å². The molecule has 0 heterocycles. The van der Waals surface area contributed by atoms with Gasteiger partial charge in [-0.15, -0.1) is 0 Å². The second-order valence-corrected chi connectivity index (χ2v) is 5.02. The predicted octanol–water partition coefficient (Wildman–Crippen LogP) is 1.40. The van der Waals surface area contributed by atoms with Crippen LogP contribution in [0.2, 0.25) is 0 Å². The van der Waals surface area contributed by atoms with Gasteiger partial charge in [0.25, 0.3) is 11.6 Å². The molecule has 0 unspecified atom stereocenters. The van der Waals surface area contributed by atoms with Crippen LogP contribution >= 0.6 is 0 Å². The number of aliphatic hydroxyl groups is 1. The van der Waals surface area contributed by atoms with Crippen molar-refractivity contribution < 1.29 is 14.8 Å². The summed E-state index contributed by atoms with van der Waals surface area (Å²) >= 11 is 0. The first-order valence-electron chi connectivity index (χ1n) is 6.18. The summed E-state index contributed by atoms with van der Waals surface area (Å²) in [5.41, 5.74) is 0.897. The van der Waals surface area contributed by atoms with Gasteiger partial charge in [0, 0.05) is 24.2 Å². The number of carbonyl (C=O) groups is 1. The highest BCUT2D eigenvalue weighted by atomic mass is 16.6. The Balaban J connectivity index is 2.00. The zero-order valence-corrected chi connectivity index (χ0v) is 10.6. The summed E-state index contributed by atoms with van der Waals surface area (Å²) in [5, 5.41) is 22.6. The quantitative estimate of drug-likeness (QED) is 0.635. The van der Waals surface area contributed by atoms with Crippen LogP contribution in [-0.2, 0) is 0 Å². The third-order valence-electron chi connectivity index (χ3n) is 3.30. The lowest BCUT2D eigenvalue weighted by Gasteiger charge is -2.31. The Bertz CT molecular complexity index is 509. The Kier molecular flexibility index (Phi) is 3.80. The van der Waals surface area contributed by atoms with E-state index < -0.39 is 4.92 Å². The Labute approximate surface area is 110 Å². The van der Waals surface area contributed by atoms with Crippen molar-refractivity contribution in [2.75, 3.05) is 6.54 Å². The second kappa shape index (κ2) is 5.36. The normalized spacial score (nSPS) is 21.6. The van der Waals surface area contributed by atoms with Gasteiger partial charge >= 0.3 is 0 Å². The van der Waals surface area contributed by atoms with Gasteiger partial charge in [-0.1, -0.05) is 0 Å². The van der Waals surface area contributed by atoms with Gasteiger partial charge in [-0.05, 0) is 37.3 Å². The van der Waals surface area contributed by atoms with Gasteiger partial charge in [-0.3, -0.25) is 14.9 Å². The number of hydrogen-bond donors (Lipinski definition) is 2. The third kappa shape index (κ3) is 3.29. The van der Waals surface area contributed by atoms with Crippen molar-refractivity contribution in [1.82, 2.24) is 5.32 Å². The maximum Gasteiger partial charge on any atom is 0.270 e. The van der Waals surface area contributed by atoms with Crippen LogP contribution in [0.4, 0.5) is 5.69 Å². The van der Waals surface area contributed by atoms with Crippen LogP contribution < -0.4 is 5.32 Å². The van der Waals surface area contributed by atoms with Crippen LogP contribution in [-0.4, -0.2) is 28.6 Å². The molecule has 0 spiro atoms. The minimum Gasteiger partial charge on any atom is -0.393 e. The molecule has 0 bridgehead atoms. The van der Waals surface area contributed by atoms with E-state index in [9.17, 15) is 14.9 Å². The SMILES string of the molecule is Cc1cc(C(=O)NCC2CC(O)C2)cc([N+](=O)[O-])c1. The van der Waals surface area contributed by atoms with Crippen molar-refractivity contribution in [3.8, 4) is 0 Å². The highest BCUT2D eigenvalue weighted by Gasteiger charge is 2.27. The largest absolute Gasteiger partial charge is 0.393 e. The minimum atomic E-state index is -0.508. The van der Waals surface area contributed by atoms with Crippen molar-refractivity contribution in [1.29, 1.82) is 0 Å². The summed E-state index contributed by atoms with van der Waals surface area (Å²) in [4.78, 5) is 22.1. The molecule has 0 atom stereocenters. The number of amides is 1. The number of nitrogens with one attached hydrogen (secondary N) is 1. The Hall–Kier alpha value is -1.95. The highest BCUT2D eigenvalue weighted by Crippen LogP contribution is 2.26. The number of aryl methyl sites for hydroxylation is 1. The number of nitrogens with zero attached hydrogens (tertiary/aromatic N) is 1. The van der Waals surface area contributed by atoms with Crippen molar-refractivity contribution in [3.63, 3.8) is 0 Å². The molecule has 19 heavy (non-hydrogen) atoms. The molecule has 1 saturated carbocycles. The summed E-state index contributed by atoms with van der Waals surface area (Å²) in [5.74, 6) is -0.00747. The lowest BCUT2D eigenvalue weighted by Crippen LogP contribution is -2.38. The third-order valence-corrected chi connectivity index (χ3v) is 3.30. The Morgan fingerprint density at radius 2 is 2.16 bits per heavy atom. The molecule has 0 saturated heterocycles. The molecule has 6 nitrogen and oxygen atoms in total. The number of aliphatic hydroxyl groups excluding tert-OH is 1. The standard InChI is InChI=1S/C13H16N2O4/c1-8-2-10(6-11(3-8)15(18)19)13(17)14-7-9-4-12(16)5-9/h2-3,6,9,12,16H,4-5,7H2,1H3,(H,14,17). The fourth-order valence-electron chi connectivity index (χ4n) is 2.21. The van der Waals surface area contributed by atoms with Crippen molar-refractivity contribution in [2.45, 2.75) is 25.9 Å². The van der Waals surface area contributed by atoms with Crippen molar-refractivity contribution in [2.24, 2.45) is 5.92 Å². The van der Waals surface area contributed by atoms with E-state index in [0.717, 1.165) is 0 Å². The molecule has 1 aliphatic carbocycles. The van der Waals surface area contributed by atoms with Crippen LogP contribution in [0.15, 0.2) is 18.2 Å². The van der Waals surface area contributed by atoms with E-state index >= 15 is 0 Å². The number of nitro groups is 1. The molecular formula is C13H16N2O4. The van der Waals surface area contributed by atoms with Gasteiger partial charge in [-0.2, -0.15) is 0 Å². The average molecular weight is 264 g/mol. The average Bonchev–Trinajstić information content (AvgIpc) is 2.32. The molecule has 0 aliphatic heterocycles. The van der Waals surface area contributed by atoms with E-state index in [-0.39, 0.29) is 17.7 Å². The lowest BCUT2D eigenvalue weighted by atomic mass is 9.82. The zero-order chi connectivity index (χ0) is 14.0. The lowest BCUT2D eigenvalue weighted by molar-refractivity contribution is -0.384. The van der Waals surface area contributed by atoms with Gasteiger partial charge in [0.05, 0.1) is 11.0 Å². The molecule has 2 rings (SSSR count). The first-order chi connectivity index (χ1) is 8.95. The van der Waals surface area contributed by atoms with E-state index in [1.165, 1.54) is 12.1 Å². The maximum absolute atomic E-state index is 11.9. The Morgan fingerprint density at radius 3 is 2.74 bits per heavy atom. The van der Waals surface area contributed by atoms with Crippen LogP contribution in [0.5, 0.6) is 0 Å². The number of hydrogen-bond acceptors (Lipinski definition) is 4. The number of benzene rings is 1. The second-order valence-electron chi connectivity index (χ2n) is 5.02. The summed E-state index contributed by atoms with van der Waals surface area (Å²) in [7, 11) is 0. The van der Waals surface area contributed by atoms with Crippen molar-refractivity contribution in [3.05, 3.63) is 39.4 Å². The number of carbonyl (C=O) groups excluding carboxylic acids is 1. The summed E-state index contributed by atoms with van der Waals surface area (Å²) in [6, 6.07) is 4.33. The molecule has 102 valence electrons. The maximum atomic E-state index is 11.9. The van der Waals surface area contributed by atoms with E-state index in [2.05, 4.69) is 5.32 Å². The van der Waals surface area contributed by atoms with Crippen LogP contribution in [0.25, 0.3) is 0 Å². The molecule has 6 heteroatoms. The van der Waals surface area contributed by atoms with Crippen LogP contribution in [0.3, 0.4) is 0 Å². The number of nitro benzene ring substituents is 1. The summed E-state index contributed by atoms with van der Waals surface area (Å²) in [6.07, 6.45) is 1.16. The van der Waals surface area contributed by atoms with E-state index in [0.29, 0.717) is 36.4 Å². The molecule has 1 aliphatic rings. The molecule has 0 radical (unpaired) electrons. The first kappa shape index (κ1) is 13.5. The molecule has 1 fully saturated rings. The Morgan fingerprint density at radius 1 is 1.47 bits per heavy atom. The van der Waals surface area contributed by atoms with Crippen LogP contribution in [0.1, 0.15) is 28.8 Å². The zero-order valence-electron chi connectivity index (χ0n) is 10.6. The van der Waals surface area contributed by atoms with E-state index in [1.807, 2.05) is 0 Å². The van der Waals surface area contributed by atoms with Crippen LogP contribution in [0, 0.1) is 23.0 Å². The smallest absolute Gasteiger partial charge is 0.270 e. The molecule has 1 amide bonds. The first-order valence-corrected chi connectivity index (χ1v) is 6.18. The van der Waals surface area contributed by atoms with E-state index in [1.54, 1.807) is 13.0 Å². The number of non-ortho nitro benzene ring substituents is 1. The molecule has 2 N–H and O–H groups in total. The van der Waals surface area contributed by atoms with Gasteiger partial charge in [0.15, 0.2) is 0 Å². The molecular weight excluding hydrogens is 248 g/mol. The summed E-state index contributed by atoms with van der Waals surface area (Å²) in [6.45, 7) is 2.21.